The normalized spacial score (nSPS) is 15.2. The molecule has 264 valence electrons. The first-order valence-electron chi connectivity index (χ1n) is 17.1. The van der Waals surface area contributed by atoms with Gasteiger partial charge in [0.05, 0.1) is 24.3 Å². The van der Waals surface area contributed by atoms with E-state index < -0.39 is 12.1 Å². The molecule has 2 heterocycles. The van der Waals surface area contributed by atoms with Crippen molar-refractivity contribution in [2.75, 3.05) is 59.4 Å². The first kappa shape index (κ1) is 36.1. The molecule has 2 amide bonds. The van der Waals surface area contributed by atoms with Gasteiger partial charge in [-0.2, -0.15) is 0 Å². The molecule has 0 aromatic heterocycles. The van der Waals surface area contributed by atoms with Crippen molar-refractivity contribution in [3.63, 3.8) is 0 Å². The van der Waals surface area contributed by atoms with E-state index in [-0.39, 0.29) is 29.7 Å². The second-order valence-corrected chi connectivity index (χ2v) is 12.9. The number of hydrogen-bond acceptors (Lipinski definition) is 7. The number of rotatable bonds is 12. The number of fused-ring (bicyclic) bond motifs is 2. The Morgan fingerprint density at radius 3 is 2.44 bits per heavy atom. The maximum absolute atomic E-state index is 13.1. The number of benzene rings is 3. The monoisotopic (exact) mass is 683 g/mol. The summed E-state index contributed by atoms with van der Waals surface area (Å²) in [5, 5.41) is 17.7. The Balaban J connectivity index is 1.22. The van der Waals surface area contributed by atoms with Gasteiger partial charge >= 0.3 is 12.1 Å². The summed E-state index contributed by atoms with van der Waals surface area (Å²) in [4.78, 5) is 39.8. The molecule has 5 rings (SSSR count). The predicted molar refractivity (Wildman–Crippen MR) is 195 cm³/mol. The van der Waals surface area contributed by atoms with E-state index in [1.807, 2.05) is 74.1 Å². The third kappa shape index (κ3) is 9.09. The summed E-state index contributed by atoms with van der Waals surface area (Å²) in [6.07, 6.45) is 8.51. The number of carboxylic acid groups (broad SMARTS) is 1. The molecule has 50 heavy (non-hydrogen) atoms. The lowest BCUT2D eigenvalue weighted by molar-refractivity contribution is 0.00189. The second-order valence-electron chi connectivity index (χ2n) is 12.9. The van der Waals surface area contributed by atoms with Gasteiger partial charge in [0, 0.05) is 67.1 Å². The van der Waals surface area contributed by atoms with Gasteiger partial charge in [-0.05, 0) is 74.4 Å². The van der Waals surface area contributed by atoms with Crippen LogP contribution in [-0.2, 0) is 9.47 Å². The highest BCUT2D eigenvalue weighted by Gasteiger charge is 2.24. The number of carbonyl (C=O) groups is 3. The largest absolute Gasteiger partial charge is 0.478 e. The maximum Gasteiger partial charge on any atom is 0.407 e. The zero-order valence-corrected chi connectivity index (χ0v) is 29.3. The average molecular weight is 684 g/mol. The molecule has 0 unspecified atom stereocenters. The minimum Gasteiger partial charge on any atom is -0.478 e. The number of alkyl carbamates (subject to hydrolysis) is 1. The first-order valence-corrected chi connectivity index (χ1v) is 17.1. The number of nitrogens with zero attached hydrogens (tertiary/aromatic N) is 2. The van der Waals surface area contributed by atoms with Crippen LogP contribution in [0.3, 0.4) is 0 Å². The maximum atomic E-state index is 13.1. The molecule has 2 aromatic carbocycles. The number of nitrogens with one attached hydrogen (secondary N) is 2. The fourth-order valence-electron chi connectivity index (χ4n) is 5.97. The molecule has 3 N–H and O–H groups in total. The Labute approximate surface area is 292 Å². The molecule has 11 heteroatoms. The molecule has 2 aliphatic heterocycles. The molecular formula is C39H47N4O7+. The van der Waals surface area contributed by atoms with Crippen LogP contribution in [0.25, 0.3) is 33.4 Å². The number of unbranched alkanes of at least 4 members (excludes halogenated alkanes) is 2. The highest BCUT2D eigenvalue weighted by Crippen LogP contribution is 2.42. The van der Waals surface area contributed by atoms with E-state index in [0.717, 1.165) is 59.7 Å². The molecule has 0 bridgehead atoms. The quantitative estimate of drug-likeness (QED) is 0.0744. The van der Waals surface area contributed by atoms with Crippen molar-refractivity contribution in [2.45, 2.75) is 44.6 Å². The van der Waals surface area contributed by atoms with Crippen LogP contribution in [-0.4, -0.2) is 83.7 Å². The van der Waals surface area contributed by atoms with Gasteiger partial charge in [-0.1, -0.05) is 18.2 Å². The van der Waals surface area contributed by atoms with Crippen molar-refractivity contribution in [1.82, 2.24) is 15.2 Å². The van der Waals surface area contributed by atoms with Crippen LogP contribution in [0.1, 0.15) is 59.2 Å². The molecule has 11 nitrogen and oxygen atoms in total. The fourth-order valence-corrected chi connectivity index (χ4v) is 5.97. The van der Waals surface area contributed by atoms with Crippen LogP contribution in [0, 0.1) is 0 Å². The molecule has 0 fully saturated rings. The van der Waals surface area contributed by atoms with Crippen molar-refractivity contribution in [1.29, 1.82) is 0 Å². The molecule has 1 aliphatic carbocycles. The van der Waals surface area contributed by atoms with Gasteiger partial charge in [0.1, 0.15) is 32.0 Å². The third-order valence-electron chi connectivity index (χ3n) is 8.77. The molecular weight excluding hydrogens is 636 g/mol. The summed E-state index contributed by atoms with van der Waals surface area (Å²) < 4.78 is 19.4. The van der Waals surface area contributed by atoms with Gasteiger partial charge in [-0.25, -0.2) is 14.2 Å². The van der Waals surface area contributed by atoms with E-state index in [0.29, 0.717) is 43.0 Å². The minimum atomic E-state index is -1.13. The Morgan fingerprint density at radius 1 is 0.920 bits per heavy atom. The SMILES string of the molecule is CN(C)c1ccc2c(-c3ccc(C(=O)NCCCCCNC(=O)OC[C@@H]4CC/C=C\CCO4)cc3C(=O)O)c3ccc(=[N+](C)C)cc-3oc2c1. The van der Waals surface area contributed by atoms with Crippen molar-refractivity contribution in [3.8, 4) is 22.5 Å². The van der Waals surface area contributed by atoms with Crippen molar-refractivity contribution in [2.24, 2.45) is 0 Å². The number of carbonyl (C=O) groups excluding carboxylic acids is 2. The number of allylic oxidation sites excluding steroid dienone is 1. The summed E-state index contributed by atoms with van der Waals surface area (Å²) in [6, 6.07) is 16.5. The third-order valence-corrected chi connectivity index (χ3v) is 8.77. The van der Waals surface area contributed by atoms with Crippen molar-refractivity contribution >= 4 is 34.6 Å². The molecule has 0 saturated heterocycles. The smallest absolute Gasteiger partial charge is 0.407 e. The highest BCUT2D eigenvalue weighted by atomic mass is 16.6. The number of aromatic carboxylic acids is 1. The summed E-state index contributed by atoms with van der Waals surface area (Å²) in [6.45, 7) is 1.75. The van der Waals surface area contributed by atoms with Crippen LogP contribution in [0.5, 0.6) is 0 Å². The van der Waals surface area contributed by atoms with Crippen LogP contribution >= 0.6 is 0 Å². The van der Waals surface area contributed by atoms with Gasteiger partial charge < -0.3 is 34.5 Å². The van der Waals surface area contributed by atoms with Gasteiger partial charge in [0.2, 0.25) is 5.36 Å². The number of carboxylic acids is 1. The molecule has 0 radical (unpaired) electrons. The van der Waals surface area contributed by atoms with Crippen molar-refractivity contribution in [3.05, 3.63) is 83.2 Å². The highest BCUT2D eigenvalue weighted by molar-refractivity contribution is 6.09. The minimum absolute atomic E-state index is 0.0238. The van der Waals surface area contributed by atoms with E-state index in [4.69, 9.17) is 13.9 Å². The lowest BCUT2D eigenvalue weighted by atomic mass is 9.89. The summed E-state index contributed by atoms with van der Waals surface area (Å²) in [5.41, 5.74) is 3.85. The Bertz CT molecular complexity index is 1910. The number of anilines is 1. The van der Waals surface area contributed by atoms with Gasteiger partial charge in [-0.15, -0.1) is 0 Å². The van der Waals surface area contributed by atoms with Crippen LogP contribution < -0.4 is 25.5 Å². The van der Waals surface area contributed by atoms with Gasteiger partial charge in [0.15, 0.2) is 0 Å². The van der Waals surface area contributed by atoms with E-state index in [1.165, 1.54) is 6.07 Å². The van der Waals surface area contributed by atoms with Gasteiger partial charge in [0.25, 0.3) is 5.91 Å². The van der Waals surface area contributed by atoms with Crippen LogP contribution in [0.2, 0.25) is 0 Å². The molecule has 0 spiro atoms. The average Bonchev–Trinajstić information content (AvgIpc) is 3.08. The van der Waals surface area contributed by atoms with E-state index in [1.54, 1.807) is 12.1 Å². The van der Waals surface area contributed by atoms with Crippen molar-refractivity contribution < 1.29 is 33.4 Å². The summed E-state index contributed by atoms with van der Waals surface area (Å²) in [5.74, 6) is -0.860. The standard InChI is InChI=1S/C39H46N4O7/c1-42(2)27-14-17-31-34(23-27)50-35-24-28(43(3)4)15-18-32(35)36(31)30-16-13-26(22-33(30)38(45)46)37(44)40-19-9-7-10-20-41-39(47)49-25-29-12-8-5-6-11-21-48-29/h5-6,13-18,22-24,29H,7-12,19-21,25H2,1-4H3,(H2-,40,41,44,45,46,47)/p+1/b6-5-/t29-/m0/s1. The van der Waals surface area contributed by atoms with E-state index >= 15 is 0 Å². The lowest BCUT2D eigenvalue weighted by Crippen LogP contribution is -2.30. The molecule has 1 atom stereocenters. The number of amides is 2. The van der Waals surface area contributed by atoms with E-state index in [2.05, 4.69) is 22.8 Å². The number of ether oxygens (including phenoxy) is 2. The zero-order valence-electron chi connectivity index (χ0n) is 29.3. The van der Waals surface area contributed by atoms with Crippen LogP contribution in [0.4, 0.5) is 10.5 Å². The Morgan fingerprint density at radius 2 is 1.68 bits per heavy atom. The lowest BCUT2D eigenvalue weighted by Gasteiger charge is -2.19. The molecule has 3 aliphatic rings. The van der Waals surface area contributed by atoms with Gasteiger partial charge in [-0.3, -0.25) is 4.79 Å². The zero-order chi connectivity index (χ0) is 35.6. The van der Waals surface area contributed by atoms with E-state index in [9.17, 15) is 19.5 Å². The van der Waals surface area contributed by atoms with Crippen LogP contribution in [0.15, 0.2) is 71.2 Å². The topological polar surface area (TPSA) is 133 Å². The molecule has 0 saturated carbocycles. The predicted octanol–water partition coefficient (Wildman–Crippen LogP) is 5.75. The number of hydrogen-bond donors (Lipinski definition) is 3. The summed E-state index contributed by atoms with van der Waals surface area (Å²) >= 11 is 0. The fraction of sp³-hybridized carbons (Fsp3) is 0.385. The molecule has 2 aromatic rings. The second kappa shape index (κ2) is 17.0. The Kier molecular flexibility index (Phi) is 12.3. The summed E-state index contributed by atoms with van der Waals surface area (Å²) in [7, 11) is 7.80. The first-order chi connectivity index (χ1) is 24.1. The Hall–Kier alpha value is -5.16.